The van der Waals surface area contributed by atoms with Gasteiger partial charge in [0.1, 0.15) is 4.88 Å². The van der Waals surface area contributed by atoms with E-state index in [1.807, 2.05) is 13.8 Å². The molecule has 2 unspecified atom stereocenters. The monoisotopic (exact) mass is 324 g/mol. The van der Waals surface area contributed by atoms with Gasteiger partial charge in [-0.3, -0.25) is 9.59 Å². The fraction of sp³-hybridized carbons (Fsp3) is 0.688. The third-order valence-corrected chi connectivity index (χ3v) is 5.11. The highest BCUT2D eigenvalue weighted by Crippen LogP contribution is 2.28. The normalized spacial score (nSPS) is 22.1. The van der Waals surface area contributed by atoms with E-state index in [2.05, 4.69) is 18.8 Å². The minimum absolute atomic E-state index is 0.0111. The first kappa shape index (κ1) is 16.9. The number of carbonyl (C=O) groups is 2. The lowest BCUT2D eigenvalue weighted by atomic mass is 9.87. The fourth-order valence-corrected chi connectivity index (χ4v) is 3.92. The number of likely N-dealkylation sites (tertiary alicyclic amines) is 1. The second-order valence-corrected chi connectivity index (χ2v) is 7.77. The van der Waals surface area contributed by atoms with Crippen LogP contribution in [-0.4, -0.2) is 40.0 Å². The second-order valence-electron chi connectivity index (χ2n) is 6.57. The van der Waals surface area contributed by atoms with E-state index in [1.54, 1.807) is 4.90 Å². The van der Waals surface area contributed by atoms with Crippen molar-refractivity contribution >= 4 is 23.2 Å². The number of rotatable bonds is 4. The van der Waals surface area contributed by atoms with Crippen molar-refractivity contribution in [2.24, 2.45) is 17.8 Å². The van der Waals surface area contributed by atoms with E-state index in [4.69, 9.17) is 0 Å². The Morgan fingerprint density at radius 3 is 2.68 bits per heavy atom. The van der Waals surface area contributed by atoms with E-state index < -0.39 is 5.97 Å². The van der Waals surface area contributed by atoms with Gasteiger partial charge in [0.05, 0.1) is 16.6 Å². The van der Waals surface area contributed by atoms with Crippen LogP contribution in [0.4, 0.5) is 0 Å². The number of hydrogen-bond acceptors (Lipinski definition) is 4. The zero-order valence-corrected chi connectivity index (χ0v) is 14.4. The molecule has 0 aliphatic carbocycles. The van der Waals surface area contributed by atoms with E-state index in [1.165, 1.54) is 11.3 Å². The molecule has 1 aromatic heterocycles. The van der Waals surface area contributed by atoms with Crippen molar-refractivity contribution in [1.82, 2.24) is 9.88 Å². The SMILES string of the molecule is Cc1nc(CC(C)C)c(C(=O)N2CCC(C(=O)O)C(C)C2)s1. The molecule has 1 saturated heterocycles. The summed E-state index contributed by atoms with van der Waals surface area (Å²) in [6.07, 6.45) is 1.33. The number of nitrogens with zero attached hydrogens (tertiary/aromatic N) is 2. The van der Waals surface area contributed by atoms with Crippen molar-refractivity contribution in [2.45, 2.75) is 40.5 Å². The summed E-state index contributed by atoms with van der Waals surface area (Å²) in [6, 6.07) is 0. The molecule has 22 heavy (non-hydrogen) atoms. The molecule has 1 aliphatic heterocycles. The number of carbonyl (C=O) groups excluding carboxylic acids is 1. The van der Waals surface area contributed by atoms with Crippen molar-refractivity contribution in [3.8, 4) is 0 Å². The van der Waals surface area contributed by atoms with E-state index in [-0.39, 0.29) is 17.7 Å². The number of amides is 1. The standard InChI is InChI=1S/C16H24N2O3S/c1-9(2)7-13-14(22-11(4)17-13)15(19)18-6-5-12(16(20)21)10(3)8-18/h9-10,12H,5-8H2,1-4H3,(H,20,21). The Morgan fingerprint density at radius 2 is 2.14 bits per heavy atom. The first-order valence-corrected chi connectivity index (χ1v) is 8.59. The number of hydrogen-bond donors (Lipinski definition) is 1. The Hall–Kier alpha value is -1.43. The van der Waals surface area contributed by atoms with E-state index in [0.717, 1.165) is 22.0 Å². The predicted octanol–water partition coefficient (Wildman–Crippen LogP) is 2.83. The van der Waals surface area contributed by atoms with Gasteiger partial charge in [0.25, 0.3) is 5.91 Å². The summed E-state index contributed by atoms with van der Waals surface area (Å²) in [7, 11) is 0. The Labute approximate surface area is 135 Å². The first-order chi connectivity index (χ1) is 10.3. The molecule has 0 radical (unpaired) electrons. The van der Waals surface area contributed by atoms with Gasteiger partial charge >= 0.3 is 5.97 Å². The van der Waals surface area contributed by atoms with Gasteiger partial charge in [0.2, 0.25) is 0 Å². The van der Waals surface area contributed by atoms with Crippen LogP contribution in [-0.2, 0) is 11.2 Å². The fourth-order valence-electron chi connectivity index (χ4n) is 3.00. The summed E-state index contributed by atoms with van der Waals surface area (Å²) in [5, 5.41) is 10.1. The number of piperidine rings is 1. The average molecular weight is 324 g/mol. The van der Waals surface area contributed by atoms with Crippen LogP contribution in [0.1, 0.15) is 47.6 Å². The Bertz CT molecular complexity index is 568. The highest BCUT2D eigenvalue weighted by molar-refractivity contribution is 7.13. The number of aliphatic carboxylic acids is 1. The summed E-state index contributed by atoms with van der Waals surface area (Å²) in [4.78, 5) is 31.0. The van der Waals surface area contributed by atoms with E-state index in [9.17, 15) is 14.7 Å². The predicted molar refractivity (Wildman–Crippen MR) is 86.2 cm³/mol. The van der Waals surface area contributed by atoms with Gasteiger partial charge in [-0.05, 0) is 31.6 Å². The summed E-state index contributed by atoms with van der Waals surface area (Å²) in [5.41, 5.74) is 0.885. The molecule has 0 saturated carbocycles. The van der Waals surface area contributed by atoms with Crippen molar-refractivity contribution in [2.75, 3.05) is 13.1 Å². The molecule has 2 rings (SSSR count). The van der Waals surface area contributed by atoms with Crippen LogP contribution >= 0.6 is 11.3 Å². The van der Waals surface area contributed by atoms with Crippen LogP contribution in [0.2, 0.25) is 0 Å². The minimum Gasteiger partial charge on any atom is -0.481 e. The topological polar surface area (TPSA) is 70.5 Å². The molecule has 0 spiro atoms. The number of carboxylic acids is 1. The molecule has 0 aromatic carbocycles. The van der Waals surface area contributed by atoms with Crippen LogP contribution in [0.25, 0.3) is 0 Å². The van der Waals surface area contributed by atoms with Gasteiger partial charge < -0.3 is 10.0 Å². The quantitative estimate of drug-likeness (QED) is 0.924. The molecule has 1 aromatic rings. The van der Waals surface area contributed by atoms with E-state index >= 15 is 0 Å². The highest BCUT2D eigenvalue weighted by Gasteiger charge is 2.34. The van der Waals surface area contributed by atoms with E-state index in [0.29, 0.717) is 25.4 Å². The maximum atomic E-state index is 12.8. The molecule has 1 N–H and O–H groups in total. The Balaban J connectivity index is 2.14. The molecular formula is C16H24N2O3S. The Kier molecular flexibility index (Phi) is 5.21. The third kappa shape index (κ3) is 3.66. The van der Waals surface area contributed by atoms with Crippen LogP contribution in [0, 0.1) is 24.7 Å². The van der Waals surface area contributed by atoms with Gasteiger partial charge in [0, 0.05) is 13.1 Å². The van der Waals surface area contributed by atoms with Gasteiger partial charge in [-0.2, -0.15) is 0 Å². The summed E-state index contributed by atoms with van der Waals surface area (Å²) in [5.74, 6) is -0.657. The lowest BCUT2D eigenvalue weighted by Gasteiger charge is -2.34. The Morgan fingerprint density at radius 1 is 1.45 bits per heavy atom. The summed E-state index contributed by atoms with van der Waals surface area (Å²) in [6.45, 7) is 9.08. The number of aromatic nitrogens is 1. The summed E-state index contributed by atoms with van der Waals surface area (Å²) >= 11 is 1.45. The van der Waals surface area contributed by atoms with Gasteiger partial charge in [-0.15, -0.1) is 11.3 Å². The lowest BCUT2D eigenvalue weighted by Crippen LogP contribution is -2.45. The van der Waals surface area contributed by atoms with Crippen LogP contribution in [0.5, 0.6) is 0 Å². The minimum atomic E-state index is -0.756. The van der Waals surface area contributed by atoms with Gasteiger partial charge in [-0.25, -0.2) is 4.98 Å². The zero-order valence-electron chi connectivity index (χ0n) is 13.6. The molecule has 1 fully saturated rings. The molecule has 5 nitrogen and oxygen atoms in total. The van der Waals surface area contributed by atoms with Gasteiger partial charge in [0.15, 0.2) is 0 Å². The maximum absolute atomic E-state index is 12.8. The highest BCUT2D eigenvalue weighted by atomic mass is 32.1. The smallest absolute Gasteiger partial charge is 0.306 e. The van der Waals surface area contributed by atoms with Crippen LogP contribution < -0.4 is 0 Å². The second kappa shape index (κ2) is 6.77. The zero-order chi connectivity index (χ0) is 16.4. The van der Waals surface area contributed by atoms with Gasteiger partial charge in [-0.1, -0.05) is 20.8 Å². The third-order valence-electron chi connectivity index (χ3n) is 4.11. The largest absolute Gasteiger partial charge is 0.481 e. The lowest BCUT2D eigenvalue weighted by molar-refractivity contribution is -0.145. The van der Waals surface area contributed by atoms with Crippen LogP contribution in [0.3, 0.4) is 0 Å². The first-order valence-electron chi connectivity index (χ1n) is 7.78. The van der Waals surface area contributed by atoms with Crippen molar-refractivity contribution in [3.05, 3.63) is 15.6 Å². The molecule has 2 heterocycles. The molecule has 6 heteroatoms. The molecule has 1 aliphatic rings. The molecule has 1 amide bonds. The van der Waals surface area contributed by atoms with Crippen molar-refractivity contribution < 1.29 is 14.7 Å². The van der Waals surface area contributed by atoms with Crippen molar-refractivity contribution in [1.29, 1.82) is 0 Å². The molecular weight excluding hydrogens is 300 g/mol. The molecule has 0 bridgehead atoms. The number of aryl methyl sites for hydroxylation is 1. The van der Waals surface area contributed by atoms with Crippen LogP contribution in [0.15, 0.2) is 0 Å². The number of thiazole rings is 1. The summed E-state index contributed by atoms with van der Waals surface area (Å²) < 4.78 is 0. The molecule has 2 atom stereocenters. The molecule has 122 valence electrons. The maximum Gasteiger partial charge on any atom is 0.306 e. The van der Waals surface area contributed by atoms with Crippen molar-refractivity contribution in [3.63, 3.8) is 0 Å². The number of carboxylic acid groups (broad SMARTS) is 1. The average Bonchev–Trinajstić information content (AvgIpc) is 2.77.